The molecule has 3 nitrogen and oxygen atoms in total. The molecule has 4 aromatic rings. The van der Waals surface area contributed by atoms with Gasteiger partial charge in [-0.15, -0.1) is 11.3 Å². The van der Waals surface area contributed by atoms with Crippen molar-refractivity contribution in [2.45, 2.75) is 0 Å². The number of fused-ring (bicyclic) bond motifs is 2. The monoisotopic (exact) mass is 365 g/mol. The van der Waals surface area contributed by atoms with Gasteiger partial charge in [0.2, 0.25) is 0 Å². The molecule has 0 unspecified atom stereocenters. The summed E-state index contributed by atoms with van der Waals surface area (Å²) in [7, 11) is 0. The van der Waals surface area contributed by atoms with E-state index in [9.17, 15) is 9.18 Å². The van der Waals surface area contributed by atoms with E-state index in [0.717, 1.165) is 0 Å². The fourth-order valence-corrected chi connectivity index (χ4v) is 3.69. The Kier molecular flexibility index (Phi) is 3.37. The third kappa shape index (κ3) is 2.51. The summed E-state index contributed by atoms with van der Waals surface area (Å²) in [6, 6.07) is 8.83. The summed E-state index contributed by atoms with van der Waals surface area (Å²) >= 11 is 13.3. The minimum atomic E-state index is -0.517. The molecule has 2 aromatic carbocycles. The largest absolute Gasteiger partial charge is 0.423 e. The molecule has 0 atom stereocenters. The molecule has 114 valence electrons. The Hall–Kier alpha value is -1.95. The molecule has 7 heteroatoms. The van der Waals surface area contributed by atoms with Gasteiger partial charge in [0.05, 0.1) is 20.3 Å². The Labute approximate surface area is 142 Å². The van der Waals surface area contributed by atoms with Crippen LogP contribution >= 0.6 is 34.5 Å². The number of nitrogens with zero attached hydrogens (tertiary/aromatic N) is 1. The second kappa shape index (κ2) is 5.30. The molecule has 0 aliphatic rings. The molecule has 0 saturated carbocycles. The molecule has 23 heavy (non-hydrogen) atoms. The zero-order valence-electron chi connectivity index (χ0n) is 11.3. The molecule has 0 aliphatic heterocycles. The number of thiazole rings is 1. The fourth-order valence-electron chi connectivity index (χ4n) is 2.35. The van der Waals surface area contributed by atoms with Crippen LogP contribution in [0, 0.1) is 5.82 Å². The van der Waals surface area contributed by atoms with Crippen LogP contribution < -0.4 is 5.63 Å². The standard InChI is InChI=1S/C16H6Cl2FNO2S/c17-10-4-8-9(5-15(21)22-13(8)6-11(10)18)16-20-12-2-1-7(19)3-14(12)23-16/h1-6H. The topological polar surface area (TPSA) is 43.1 Å². The van der Waals surface area contributed by atoms with E-state index >= 15 is 0 Å². The van der Waals surface area contributed by atoms with Gasteiger partial charge in [0.1, 0.15) is 16.4 Å². The van der Waals surface area contributed by atoms with E-state index in [1.54, 1.807) is 12.1 Å². The van der Waals surface area contributed by atoms with Crippen LogP contribution in [-0.2, 0) is 0 Å². The zero-order chi connectivity index (χ0) is 16.1. The van der Waals surface area contributed by atoms with Gasteiger partial charge in [0.15, 0.2) is 0 Å². The average Bonchev–Trinajstić information content (AvgIpc) is 2.91. The van der Waals surface area contributed by atoms with Gasteiger partial charge in [0, 0.05) is 23.1 Å². The number of aromatic nitrogens is 1. The summed E-state index contributed by atoms with van der Waals surface area (Å²) in [5.41, 5.74) is 1.05. The van der Waals surface area contributed by atoms with Gasteiger partial charge in [-0.05, 0) is 24.3 Å². The van der Waals surface area contributed by atoms with Crippen molar-refractivity contribution in [1.29, 1.82) is 0 Å². The highest BCUT2D eigenvalue weighted by molar-refractivity contribution is 7.21. The van der Waals surface area contributed by atoms with E-state index in [4.69, 9.17) is 27.6 Å². The van der Waals surface area contributed by atoms with Crippen molar-refractivity contribution >= 4 is 55.7 Å². The van der Waals surface area contributed by atoms with E-state index in [-0.39, 0.29) is 5.82 Å². The minimum absolute atomic E-state index is 0.297. The Morgan fingerprint density at radius 2 is 1.87 bits per heavy atom. The molecule has 0 amide bonds. The first-order valence-electron chi connectivity index (χ1n) is 6.50. The maximum Gasteiger partial charge on any atom is 0.336 e. The normalized spacial score (nSPS) is 11.4. The summed E-state index contributed by atoms with van der Waals surface area (Å²) in [5.74, 6) is -0.333. The molecule has 0 radical (unpaired) electrons. The quantitative estimate of drug-likeness (QED) is 0.417. The van der Waals surface area contributed by atoms with Crippen molar-refractivity contribution in [2.24, 2.45) is 0 Å². The van der Waals surface area contributed by atoms with E-state index in [1.165, 1.54) is 35.6 Å². The third-order valence-corrected chi connectivity index (χ3v) is 5.14. The molecular formula is C16H6Cl2FNO2S. The van der Waals surface area contributed by atoms with E-state index in [2.05, 4.69) is 4.98 Å². The van der Waals surface area contributed by atoms with Crippen molar-refractivity contribution in [1.82, 2.24) is 4.98 Å². The summed E-state index contributed by atoms with van der Waals surface area (Å²) < 4.78 is 19.2. The molecule has 0 saturated heterocycles. The highest BCUT2D eigenvalue weighted by Gasteiger charge is 2.14. The highest BCUT2D eigenvalue weighted by atomic mass is 35.5. The van der Waals surface area contributed by atoms with E-state index < -0.39 is 5.63 Å². The first-order chi connectivity index (χ1) is 11.0. The van der Waals surface area contributed by atoms with E-state index in [0.29, 0.717) is 41.8 Å². The van der Waals surface area contributed by atoms with Crippen molar-refractivity contribution in [3.8, 4) is 10.6 Å². The Balaban J connectivity index is 2.06. The SMILES string of the molecule is O=c1cc(-c2nc3ccc(F)cc3s2)c2cc(Cl)c(Cl)cc2o1. The second-order valence-corrected chi connectivity index (χ2v) is 6.72. The van der Waals surface area contributed by atoms with Crippen molar-refractivity contribution in [3.05, 3.63) is 62.7 Å². The predicted molar refractivity (Wildman–Crippen MR) is 91.1 cm³/mol. The third-order valence-electron chi connectivity index (χ3n) is 3.37. The maximum absolute atomic E-state index is 13.3. The lowest BCUT2D eigenvalue weighted by Crippen LogP contribution is -1.98. The van der Waals surface area contributed by atoms with Crippen LogP contribution in [0.15, 0.2) is 45.6 Å². The lowest BCUT2D eigenvalue weighted by Gasteiger charge is -2.04. The summed E-state index contributed by atoms with van der Waals surface area (Å²) in [6.07, 6.45) is 0. The Bertz CT molecular complexity index is 1140. The summed E-state index contributed by atoms with van der Waals surface area (Å²) in [6.45, 7) is 0. The van der Waals surface area contributed by atoms with Crippen LogP contribution in [0.25, 0.3) is 31.8 Å². The van der Waals surface area contributed by atoms with Gasteiger partial charge in [-0.1, -0.05) is 23.2 Å². The number of hydrogen-bond acceptors (Lipinski definition) is 4. The molecule has 0 spiro atoms. The summed E-state index contributed by atoms with van der Waals surface area (Å²) in [4.78, 5) is 16.3. The van der Waals surface area contributed by atoms with Crippen molar-refractivity contribution in [2.75, 3.05) is 0 Å². The van der Waals surface area contributed by atoms with Gasteiger partial charge < -0.3 is 4.42 Å². The van der Waals surface area contributed by atoms with Crippen LogP contribution in [0.1, 0.15) is 0 Å². The Morgan fingerprint density at radius 1 is 1.09 bits per heavy atom. The van der Waals surface area contributed by atoms with E-state index in [1.807, 2.05) is 0 Å². The zero-order valence-corrected chi connectivity index (χ0v) is 13.6. The number of benzene rings is 2. The summed E-state index contributed by atoms with van der Waals surface area (Å²) in [5, 5.41) is 1.85. The van der Waals surface area contributed by atoms with Gasteiger partial charge in [-0.25, -0.2) is 14.2 Å². The number of hydrogen-bond donors (Lipinski definition) is 0. The molecule has 0 fully saturated rings. The molecule has 0 N–H and O–H groups in total. The smallest absolute Gasteiger partial charge is 0.336 e. The lowest BCUT2D eigenvalue weighted by atomic mass is 10.1. The van der Waals surface area contributed by atoms with Gasteiger partial charge in [0.25, 0.3) is 0 Å². The van der Waals surface area contributed by atoms with Crippen LogP contribution in [0.4, 0.5) is 4.39 Å². The maximum atomic E-state index is 13.3. The van der Waals surface area contributed by atoms with Crippen LogP contribution in [0.5, 0.6) is 0 Å². The van der Waals surface area contributed by atoms with Gasteiger partial charge in [-0.3, -0.25) is 0 Å². The number of halogens is 3. The first-order valence-corrected chi connectivity index (χ1v) is 8.08. The molecule has 0 aliphatic carbocycles. The molecule has 0 bridgehead atoms. The average molecular weight is 366 g/mol. The van der Waals surface area contributed by atoms with Crippen molar-refractivity contribution in [3.63, 3.8) is 0 Å². The van der Waals surface area contributed by atoms with Crippen LogP contribution in [0.2, 0.25) is 10.0 Å². The first kappa shape index (κ1) is 14.6. The van der Waals surface area contributed by atoms with Gasteiger partial charge >= 0.3 is 5.63 Å². The van der Waals surface area contributed by atoms with Crippen LogP contribution in [0.3, 0.4) is 0 Å². The minimum Gasteiger partial charge on any atom is -0.423 e. The predicted octanol–water partition coefficient (Wildman–Crippen LogP) is 5.52. The second-order valence-electron chi connectivity index (χ2n) is 4.87. The number of rotatable bonds is 1. The van der Waals surface area contributed by atoms with Gasteiger partial charge in [-0.2, -0.15) is 0 Å². The molecule has 2 heterocycles. The fraction of sp³-hybridized carbons (Fsp3) is 0. The molecular weight excluding hydrogens is 360 g/mol. The molecule has 2 aromatic heterocycles. The Morgan fingerprint density at radius 3 is 2.70 bits per heavy atom. The van der Waals surface area contributed by atoms with Crippen molar-refractivity contribution < 1.29 is 8.81 Å². The molecule has 4 rings (SSSR count). The lowest BCUT2D eigenvalue weighted by molar-refractivity contribution is 0.561. The highest BCUT2D eigenvalue weighted by Crippen LogP contribution is 2.36. The van der Waals surface area contributed by atoms with Crippen LogP contribution in [-0.4, -0.2) is 4.98 Å².